The molecule has 0 fully saturated rings. The van der Waals surface area contributed by atoms with Gasteiger partial charge in [0.1, 0.15) is 12.1 Å². The SMILES string of the molecule is CC.CC.CC.CC.CC.CC(C)(C)C.CC(C)(C)C.CC(C)(C)c1ccccc1.CC(C)(C)c1nc2ccccc2s1.[B]C.[B]C.[B]c1nc2cc(C(C)(C)C)ccc2s1.[B]c1ncco1.[B]c1nccs1. The highest BCUT2D eigenvalue weighted by Crippen LogP contribution is 2.31. The van der Waals surface area contributed by atoms with Crippen LogP contribution in [-0.2, 0) is 16.2 Å². The number of hydrogen-bond donors (Lipinski definition) is 0. The van der Waals surface area contributed by atoms with E-state index in [0.717, 1.165) is 15.7 Å². The van der Waals surface area contributed by atoms with Gasteiger partial charge in [0.15, 0.2) is 23.5 Å². The molecule has 0 bridgehead atoms. The van der Waals surface area contributed by atoms with Crippen LogP contribution in [0.3, 0.4) is 0 Å². The van der Waals surface area contributed by atoms with Gasteiger partial charge in [0, 0.05) is 26.8 Å². The lowest BCUT2D eigenvalue weighted by molar-refractivity contribution is 0.469. The Labute approximate surface area is 471 Å². The highest BCUT2D eigenvalue weighted by Gasteiger charge is 2.18. The van der Waals surface area contributed by atoms with E-state index in [1.807, 2.05) is 80.7 Å². The molecule has 4 aromatic heterocycles. The number of para-hydroxylation sites is 1. The van der Waals surface area contributed by atoms with Crippen LogP contribution in [0.15, 0.2) is 101 Å². The van der Waals surface area contributed by atoms with Crippen LogP contribution in [0.25, 0.3) is 20.4 Å². The Hall–Kier alpha value is -3.40. The predicted octanol–water partition coefficient (Wildman–Crippen LogP) is 18.0. The zero-order valence-electron chi connectivity index (χ0n) is 52.0. The fourth-order valence-corrected chi connectivity index (χ4v) is 6.13. The monoisotopic (exact) mass is 1050 g/mol. The van der Waals surface area contributed by atoms with Crippen LogP contribution in [0.4, 0.5) is 0 Å². The van der Waals surface area contributed by atoms with Gasteiger partial charge in [-0.2, -0.15) is 0 Å². The number of thiazole rings is 3. The first kappa shape index (κ1) is 83.6. The lowest BCUT2D eigenvalue weighted by atomic mass is 9.87. The van der Waals surface area contributed by atoms with E-state index in [1.54, 1.807) is 17.5 Å². The molecular weight excluding hydrogens is 943 g/mol. The van der Waals surface area contributed by atoms with E-state index in [0.29, 0.717) is 26.1 Å². The number of fused-ring (bicyclic) bond motifs is 2. The van der Waals surface area contributed by atoms with Gasteiger partial charge in [0.05, 0.1) is 47.3 Å². The smallest absolute Gasteiger partial charge is 0.197 e. The first-order valence-electron chi connectivity index (χ1n) is 26.0. The van der Waals surface area contributed by atoms with Crippen molar-refractivity contribution in [3.63, 3.8) is 0 Å². The second-order valence-corrected chi connectivity index (χ2v) is 23.1. The third-order valence-electron chi connectivity index (χ3n) is 6.75. The Bertz CT molecular complexity index is 2070. The molecule has 0 N–H and O–H groups in total. The summed E-state index contributed by atoms with van der Waals surface area (Å²) in [5.41, 5.74) is 6.47. The molecule has 0 saturated carbocycles. The van der Waals surface area contributed by atoms with Gasteiger partial charge in [-0.25, -0.2) is 9.97 Å². The average molecular weight is 1050 g/mol. The topological polar surface area (TPSA) is 64.7 Å². The molecule has 0 unspecified atom stereocenters. The minimum atomic E-state index is 0.170. The summed E-state index contributed by atoms with van der Waals surface area (Å²) in [6.07, 6.45) is 4.60. The minimum Gasteiger partial charge on any atom is -0.461 e. The van der Waals surface area contributed by atoms with Crippen LogP contribution in [0, 0.1) is 10.8 Å². The molecule has 3 aromatic carbocycles. The summed E-state index contributed by atoms with van der Waals surface area (Å²) in [5.74, 6) is 0.218. The molecule has 10 radical (unpaired) electrons. The number of oxazole rings is 1. The lowest BCUT2D eigenvalue weighted by Gasteiger charge is -2.18. The Morgan fingerprint density at radius 3 is 1.15 bits per heavy atom. The van der Waals surface area contributed by atoms with Gasteiger partial charge < -0.3 is 4.42 Å². The lowest BCUT2D eigenvalue weighted by Crippen LogP contribution is -2.10. The van der Waals surface area contributed by atoms with Crippen molar-refractivity contribution in [1.82, 2.24) is 19.9 Å². The Balaban J connectivity index is -0.000000137. The zero-order valence-corrected chi connectivity index (χ0v) is 54.5. The molecule has 5 nitrogen and oxygen atoms in total. The van der Waals surface area contributed by atoms with E-state index < -0.39 is 0 Å². The van der Waals surface area contributed by atoms with Crippen molar-refractivity contribution >= 4 is 109 Å². The summed E-state index contributed by atoms with van der Waals surface area (Å²) in [6, 6.07) is 25.2. The minimum absolute atomic E-state index is 0.170. The van der Waals surface area contributed by atoms with E-state index in [9.17, 15) is 0 Å². The highest BCUT2D eigenvalue weighted by atomic mass is 32.1. The van der Waals surface area contributed by atoms with Crippen molar-refractivity contribution in [3.05, 3.63) is 113 Å². The fraction of sp³-hybridized carbons (Fsp3) is 0.567. The van der Waals surface area contributed by atoms with Gasteiger partial charge in [-0.1, -0.05) is 249 Å². The second-order valence-electron chi connectivity index (χ2n) is 20.1. The van der Waals surface area contributed by atoms with E-state index in [2.05, 4.69) is 224 Å². The van der Waals surface area contributed by atoms with E-state index in [-0.39, 0.29) is 16.6 Å². The number of hydrogen-bond acceptors (Lipinski definition) is 8. The summed E-state index contributed by atoms with van der Waals surface area (Å²) >= 11 is 4.78. The van der Waals surface area contributed by atoms with Gasteiger partial charge in [0.2, 0.25) is 0 Å². The standard InChI is InChI=1S/C11H12BNS.C11H13NS.C10H14.2C5H12.C3H2BNO.C3H2BNS.5C2H6.2CH3B/c1-11(2,3)7-4-5-9-8(6-7)13-10(12)14-9;1-11(2,3)10-12-8-6-4-5-7-9(8)13-10;1-10(2,3)9-7-5-4-6-8-9;2*1-5(2,3)4;2*4-3-5-1-2-6-3;7*1-2/h4-6H,1-3H3;4-7H,1-3H3;4-8H,1-3H3;2*1-4H3;2*1-2H;5*1-2H3;2*1H3. The maximum Gasteiger partial charge on any atom is 0.197 e. The quantitative estimate of drug-likeness (QED) is 0.142. The van der Waals surface area contributed by atoms with Gasteiger partial charge in [0.25, 0.3) is 0 Å². The van der Waals surface area contributed by atoms with Gasteiger partial charge in [-0.15, -0.1) is 34.0 Å². The summed E-state index contributed by atoms with van der Waals surface area (Å²) in [5, 5.41) is 3.06. The van der Waals surface area contributed by atoms with Gasteiger partial charge in [-0.3, -0.25) is 9.97 Å². The van der Waals surface area contributed by atoms with Crippen LogP contribution >= 0.6 is 34.0 Å². The molecule has 0 saturated heterocycles. The van der Waals surface area contributed by atoms with Crippen LogP contribution in [0.1, 0.15) is 203 Å². The summed E-state index contributed by atoms with van der Waals surface area (Å²) in [7, 11) is 24.8. The van der Waals surface area contributed by atoms with Crippen LogP contribution in [-0.4, -0.2) is 59.2 Å². The molecule has 0 atom stereocenters. The molecule has 0 aliphatic rings. The van der Waals surface area contributed by atoms with Crippen molar-refractivity contribution in [3.8, 4) is 0 Å². The third-order valence-corrected chi connectivity index (χ3v) is 9.68. The first-order chi connectivity index (χ1) is 33.9. The van der Waals surface area contributed by atoms with Crippen molar-refractivity contribution < 1.29 is 4.42 Å². The second kappa shape index (κ2) is 48.3. The van der Waals surface area contributed by atoms with Crippen molar-refractivity contribution in [1.29, 1.82) is 0 Å². The summed E-state index contributed by atoms with van der Waals surface area (Å²) < 4.78 is 6.95. The normalized spacial score (nSPS) is 9.71. The Kier molecular flexibility index (Phi) is 55.3. The summed E-state index contributed by atoms with van der Waals surface area (Å²) in [6.45, 7) is 60.4. The van der Waals surface area contributed by atoms with Crippen LogP contribution in [0.5, 0.6) is 0 Å². The van der Waals surface area contributed by atoms with Crippen LogP contribution < -0.4 is 15.6 Å². The van der Waals surface area contributed by atoms with Crippen molar-refractivity contribution in [2.45, 2.75) is 217 Å². The predicted molar refractivity (Wildman–Crippen MR) is 347 cm³/mol. The van der Waals surface area contributed by atoms with Gasteiger partial charge in [-0.05, 0) is 57.1 Å². The molecule has 73 heavy (non-hydrogen) atoms. The molecule has 7 rings (SSSR count). The summed E-state index contributed by atoms with van der Waals surface area (Å²) in [4.78, 5) is 17.4. The molecular formula is C60H103B5N4OS3. The van der Waals surface area contributed by atoms with Crippen molar-refractivity contribution in [2.75, 3.05) is 0 Å². The molecule has 7 aromatic rings. The Morgan fingerprint density at radius 2 is 0.849 bits per heavy atom. The fourth-order valence-electron chi connectivity index (χ4n) is 4.01. The number of nitrogens with zero attached hydrogens (tertiary/aromatic N) is 4. The largest absolute Gasteiger partial charge is 0.461 e. The van der Waals surface area contributed by atoms with Gasteiger partial charge >= 0.3 is 0 Å². The molecule has 0 amide bonds. The first-order valence-corrected chi connectivity index (χ1v) is 28.5. The maximum absolute atomic E-state index is 5.66. The average Bonchev–Trinajstić information content (AvgIpc) is 4.19. The molecule has 0 spiro atoms. The van der Waals surface area contributed by atoms with E-state index in [1.165, 1.54) is 69.6 Å². The number of aromatic nitrogens is 4. The van der Waals surface area contributed by atoms with E-state index >= 15 is 0 Å². The third kappa shape index (κ3) is 51.9. The highest BCUT2D eigenvalue weighted by molar-refractivity contribution is 7.25. The van der Waals surface area contributed by atoms with Crippen molar-refractivity contribution in [2.24, 2.45) is 10.8 Å². The zero-order chi connectivity index (χ0) is 59.2. The molecule has 402 valence electrons. The number of benzene rings is 3. The molecule has 0 aliphatic carbocycles. The van der Waals surface area contributed by atoms with E-state index in [4.69, 9.17) is 23.5 Å². The number of rotatable bonds is 0. The maximum atomic E-state index is 5.66. The Morgan fingerprint density at radius 1 is 0.425 bits per heavy atom. The molecule has 13 heteroatoms. The van der Waals surface area contributed by atoms with Crippen LogP contribution in [0.2, 0.25) is 13.6 Å². The molecule has 4 heterocycles. The molecule has 0 aliphatic heterocycles.